The second-order valence-electron chi connectivity index (χ2n) is 12.3. The molecule has 1 heterocycles. The Bertz CT molecular complexity index is 1650. The maximum absolute atomic E-state index is 7.59. The monoisotopic (exact) mass is 574 g/mol. The van der Waals surface area contributed by atoms with Gasteiger partial charge >= 0.3 is 0 Å². The molecule has 41 heavy (non-hydrogen) atoms. The third kappa shape index (κ3) is 5.22. The summed E-state index contributed by atoms with van der Waals surface area (Å²) in [5.74, 6) is 1.63. The summed E-state index contributed by atoms with van der Waals surface area (Å²) in [5, 5.41) is 6.32. The van der Waals surface area contributed by atoms with Crippen molar-refractivity contribution >= 4 is 72.8 Å². The Hall–Kier alpha value is -2.37. The van der Waals surface area contributed by atoms with Crippen LogP contribution in [-0.2, 0) is 4.52 Å². The van der Waals surface area contributed by atoms with Crippen molar-refractivity contribution in [1.82, 2.24) is 0 Å². The fourth-order valence-electron chi connectivity index (χ4n) is 6.65. The van der Waals surface area contributed by atoms with Crippen LogP contribution in [0, 0.1) is 17.8 Å². The van der Waals surface area contributed by atoms with E-state index in [4.69, 9.17) is 24.1 Å². The van der Waals surface area contributed by atoms with Gasteiger partial charge in [-0.2, -0.15) is 7.14 Å². The molecule has 1 aliphatic carbocycles. The van der Waals surface area contributed by atoms with Gasteiger partial charge in [0, 0.05) is 22.7 Å². The van der Waals surface area contributed by atoms with Crippen molar-refractivity contribution in [2.24, 2.45) is 17.8 Å². The average molecular weight is 574 g/mol. The van der Waals surface area contributed by atoms with Gasteiger partial charge in [-0.1, -0.05) is 95.2 Å². The molecule has 6 radical (unpaired) electrons. The van der Waals surface area contributed by atoms with Crippen molar-refractivity contribution < 1.29 is 8.94 Å². The number of hydrogen-bond acceptors (Lipinski definition) is 2. The maximum atomic E-state index is 7.59. The lowest BCUT2D eigenvalue weighted by Crippen LogP contribution is -2.38. The van der Waals surface area contributed by atoms with E-state index in [1.807, 2.05) is 12.1 Å². The molecule has 2 nitrogen and oxygen atoms in total. The predicted octanol–water partition coefficient (Wildman–Crippen LogP) is 7.71. The van der Waals surface area contributed by atoms with Crippen LogP contribution >= 0.6 is 14.5 Å². The van der Waals surface area contributed by atoms with Crippen LogP contribution in [0.2, 0.25) is 0 Å². The Morgan fingerprint density at radius 2 is 1.29 bits per heavy atom. The summed E-state index contributed by atoms with van der Waals surface area (Å²) in [6.45, 7) is 9.14. The summed E-state index contributed by atoms with van der Waals surface area (Å²) >= 11 is 0. The molecule has 1 saturated carbocycles. The zero-order valence-corrected chi connectivity index (χ0v) is 26.3. The van der Waals surface area contributed by atoms with E-state index < -0.39 is 14.5 Å². The number of furan rings is 1. The first-order chi connectivity index (χ1) is 19.7. The topological polar surface area (TPSA) is 22.4 Å². The Kier molecular flexibility index (Phi) is 7.97. The van der Waals surface area contributed by atoms with E-state index in [-0.39, 0.29) is 6.10 Å². The van der Waals surface area contributed by atoms with E-state index in [0.717, 1.165) is 49.6 Å². The molecule has 5 aromatic rings. The van der Waals surface area contributed by atoms with Crippen LogP contribution in [0.3, 0.4) is 0 Å². The van der Waals surface area contributed by atoms with Crippen LogP contribution < -0.4 is 21.2 Å². The zero-order valence-electron chi connectivity index (χ0n) is 24.5. The lowest BCUT2D eigenvalue weighted by molar-refractivity contribution is 0.0564. The average Bonchev–Trinajstić information content (AvgIpc) is 3.37. The van der Waals surface area contributed by atoms with Crippen LogP contribution in [0.1, 0.15) is 40.0 Å². The number of fused-ring (bicyclic) bond motifs is 3. The fraction of sp³-hybridized carbons (Fsp3) is 0.314. The molecule has 206 valence electrons. The molecule has 0 bridgehead atoms. The summed E-state index contributed by atoms with van der Waals surface area (Å²) in [5.41, 5.74) is 1.66. The molecule has 0 spiro atoms. The van der Waals surface area contributed by atoms with E-state index in [9.17, 15) is 0 Å². The molecule has 0 N–H and O–H groups in total. The highest BCUT2D eigenvalue weighted by molar-refractivity contribution is 8.08. The van der Waals surface area contributed by atoms with Gasteiger partial charge in [0.25, 0.3) is 0 Å². The quantitative estimate of drug-likeness (QED) is 0.147. The van der Waals surface area contributed by atoms with Gasteiger partial charge in [-0.25, -0.2) is 7.57 Å². The molecule has 5 atom stereocenters. The van der Waals surface area contributed by atoms with Crippen LogP contribution in [0.15, 0.2) is 101 Å². The minimum absolute atomic E-state index is 0.101. The molecular weight excluding hydrogens is 536 g/mol. The molecule has 4 aromatic carbocycles. The van der Waals surface area contributed by atoms with Gasteiger partial charge in [-0.05, 0) is 67.0 Å². The number of para-hydroxylation sites is 2. The van der Waals surface area contributed by atoms with Crippen molar-refractivity contribution in [2.75, 3.05) is 6.66 Å². The van der Waals surface area contributed by atoms with Crippen molar-refractivity contribution in [2.45, 2.75) is 46.1 Å². The van der Waals surface area contributed by atoms with Gasteiger partial charge in [0.05, 0.1) is 16.7 Å². The third-order valence-electron chi connectivity index (χ3n) is 9.04. The minimum Gasteiger partial charge on any atom is -0.448 e. The van der Waals surface area contributed by atoms with E-state index in [1.54, 1.807) is 0 Å². The highest BCUT2D eigenvalue weighted by Gasteiger charge is 2.40. The standard InChI is InChI=1S/C35H38B2O2P2/c1-24(2)28-22-21-25(3)23-31(28)39-41(37,27-15-9-6-10-16-27)33-20-12-18-30-29-17-11-19-32(34(29)38-35(30)33)40(4,36)26-13-7-5-8-14-26/h5-20,24-25,28,31H,21-23H2,1-4H3/t25-,28+,31-,40?,41?/m1/s1. The van der Waals surface area contributed by atoms with Gasteiger partial charge in [0.15, 0.2) is 11.2 Å². The van der Waals surface area contributed by atoms with Crippen molar-refractivity contribution in [3.8, 4) is 0 Å². The first kappa shape index (κ1) is 28.7. The smallest absolute Gasteiger partial charge is 0.175 e. The predicted molar refractivity (Wildman–Crippen MR) is 183 cm³/mol. The van der Waals surface area contributed by atoms with E-state index in [2.05, 4.69) is 112 Å². The maximum Gasteiger partial charge on any atom is 0.175 e. The summed E-state index contributed by atoms with van der Waals surface area (Å²) in [6, 6.07) is 33.5. The summed E-state index contributed by atoms with van der Waals surface area (Å²) in [4.78, 5) is 0. The second-order valence-corrected chi connectivity index (χ2v) is 18.0. The fourth-order valence-corrected chi connectivity index (χ4v) is 11.3. The van der Waals surface area contributed by atoms with Gasteiger partial charge in [0.2, 0.25) is 0 Å². The highest BCUT2D eigenvalue weighted by Crippen LogP contribution is 2.58. The van der Waals surface area contributed by atoms with Gasteiger partial charge in [-0.3, -0.25) is 12.1 Å². The molecule has 6 heteroatoms. The van der Waals surface area contributed by atoms with Crippen molar-refractivity contribution in [3.63, 3.8) is 0 Å². The molecule has 0 amide bonds. The second kappa shape index (κ2) is 11.4. The van der Waals surface area contributed by atoms with Crippen LogP contribution in [0.4, 0.5) is 0 Å². The molecule has 1 aliphatic rings. The van der Waals surface area contributed by atoms with Crippen molar-refractivity contribution in [3.05, 3.63) is 97.1 Å². The van der Waals surface area contributed by atoms with E-state index in [1.165, 1.54) is 12.8 Å². The number of hydrogen-bond donors (Lipinski definition) is 0. The van der Waals surface area contributed by atoms with Crippen molar-refractivity contribution in [1.29, 1.82) is 0 Å². The molecule has 1 fully saturated rings. The number of benzene rings is 4. The Labute approximate surface area is 248 Å². The third-order valence-corrected chi connectivity index (χ3v) is 14.5. The van der Waals surface area contributed by atoms with Gasteiger partial charge in [-0.15, -0.1) is 0 Å². The Balaban J connectivity index is 1.55. The highest BCUT2D eigenvalue weighted by atomic mass is 31.2. The Morgan fingerprint density at radius 3 is 1.90 bits per heavy atom. The van der Waals surface area contributed by atoms with E-state index >= 15 is 0 Å². The summed E-state index contributed by atoms with van der Waals surface area (Å²) < 4.78 is 14.2. The first-order valence-corrected chi connectivity index (χ1v) is 18.9. The molecule has 0 saturated heterocycles. The largest absolute Gasteiger partial charge is 0.448 e. The molecule has 0 aliphatic heterocycles. The molecule has 2 unspecified atom stereocenters. The molecule has 6 rings (SSSR count). The molecular formula is C35H38B2O2P2. The van der Waals surface area contributed by atoms with Gasteiger partial charge < -0.3 is 4.42 Å². The van der Waals surface area contributed by atoms with Crippen LogP contribution in [0.5, 0.6) is 0 Å². The summed E-state index contributed by atoms with van der Waals surface area (Å²) in [7, 11) is 9.80. The SMILES string of the molecule is [B-][P+](C)(c1ccccc1)c1cccc2c1oc1c([P+]([B-])(O[C@@H]3C[C@H](C)CC[C@H]3C(C)C)c3ccccc3)cccc12. The lowest BCUT2D eigenvalue weighted by atomic mass is 9.75. The molecule has 1 aromatic heterocycles. The van der Waals surface area contributed by atoms with Crippen LogP contribution in [-0.4, -0.2) is 27.9 Å². The van der Waals surface area contributed by atoms with Gasteiger partial charge in [0.1, 0.15) is 5.30 Å². The minimum atomic E-state index is -2.78. The lowest BCUT2D eigenvalue weighted by Gasteiger charge is -2.44. The van der Waals surface area contributed by atoms with Crippen LogP contribution in [0.25, 0.3) is 21.9 Å². The van der Waals surface area contributed by atoms with E-state index in [0.29, 0.717) is 17.8 Å². The normalized spacial score (nSPS) is 22.6. The summed E-state index contributed by atoms with van der Waals surface area (Å²) in [6.07, 6.45) is 3.55. The number of rotatable bonds is 7. The zero-order chi connectivity index (χ0) is 28.8. The first-order valence-electron chi connectivity index (χ1n) is 14.8. The Morgan fingerprint density at radius 1 is 0.732 bits per heavy atom.